The largest absolute Gasteiger partial charge is 1.00 e. The fraction of sp³-hybridized carbons (Fsp3) is 0.857. The van der Waals surface area contributed by atoms with Crippen molar-refractivity contribution < 1.29 is 31.0 Å². The van der Waals surface area contributed by atoms with Crippen LogP contribution in [0.1, 0.15) is 85.0 Å². The number of hydrogen-bond acceptors (Lipinski definition) is 2. The molecular formula is C21H42BrNO2. The van der Waals surface area contributed by atoms with Crippen molar-refractivity contribution in [2.45, 2.75) is 85.0 Å². The van der Waals surface area contributed by atoms with Crippen molar-refractivity contribution in [3.05, 3.63) is 12.7 Å². The van der Waals surface area contributed by atoms with Gasteiger partial charge in [0.1, 0.15) is 0 Å². The van der Waals surface area contributed by atoms with Crippen LogP contribution in [0.15, 0.2) is 12.7 Å². The Hall–Kier alpha value is -0.350. The first-order chi connectivity index (χ1) is 11.6. The highest BCUT2D eigenvalue weighted by Gasteiger charge is 2.19. The second-order valence-corrected chi connectivity index (χ2v) is 6.92. The van der Waals surface area contributed by atoms with Gasteiger partial charge in [-0.1, -0.05) is 51.5 Å². The van der Waals surface area contributed by atoms with E-state index in [1.165, 1.54) is 88.1 Å². The highest BCUT2D eigenvalue weighted by molar-refractivity contribution is 5.81. The van der Waals surface area contributed by atoms with Gasteiger partial charge in [0.2, 0.25) is 0 Å². The van der Waals surface area contributed by atoms with Gasteiger partial charge in [-0.05, 0) is 40.0 Å². The number of unbranched alkanes of at least 4 members (excludes halogenated alkanes) is 9. The normalized spacial score (nSPS) is 11.0. The zero-order chi connectivity index (χ0) is 18.1. The molecule has 0 saturated heterocycles. The van der Waals surface area contributed by atoms with E-state index in [1.807, 2.05) is 0 Å². The number of carbonyl (C=O) groups excluding carboxylic acids is 1. The number of carbonyl (C=O) groups is 1. The zero-order valence-electron chi connectivity index (χ0n) is 17.0. The minimum Gasteiger partial charge on any atom is -1.00 e. The molecule has 0 bridgehead atoms. The molecule has 0 aliphatic carbocycles. The molecule has 0 amide bonds. The molecule has 0 aliphatic heterocycles. The summed E-state index contributed by atoms with van der Waals surface area (Å²) >= 11 is 0. The lowest BCUT2D eigenvalue weighted by Gasteiger charge is -2.35. The molecule has 3 nitrogen and oxygen atoms in total. The van der Waals surface area contributed by atoms with E-state index in [2.05, 4.69) is 27.4 Å². The summed E-state index contributed by atoms with van der Waals surface area (Å²) in [5.41, 5.74) is 0. The summed E-state index contributed by atoms with van der Waals surface area (Å²) < 4.78 is 6.26. The van der Waals surface area contributed by atoms with Crippen molar-refractivity contribution in [2.75, 3.05) is 32.8 Å². The number of quaternary nitrogens is 1. The predicted molar refractivity (Wildman–Crippen MR) is 104 cm³/mol. The maximum absolute atomic E-state index is 10.9. The Morgan fingerprint density at radius 2 is 1.20 bits per heavy atom. The molecule has 25 heavy (non-hydrogen) atoms. The summed E-state index contributed by atoms with van der Waals surface area (Å²) in [6, 6.07) is 0. The molecule has 0 aromatic carbocycles. The first-order valence-electron chi connectivity index (χ1n) is 10.3. The van der Waals surface area contributed by atoms with Gasteiger partial charge >= 0.3 is 5.97 Å². The van der Waals surface area contributed by atoms with Gasteiger partial charge < -0.3 is 26.2 Å². The Balaban J connectivity index is 0. The molecule has 0 N–H and O–H groups in total. The fourth-order valence-electron chi connectivity index (χ4n) is 3.34. The number of ether oxygens (including phenoxy) is 1. The molecule has 150 valence electrons. The predicted octanol–water partition coefficient (Wildman–Crippen LogP) is 2.50. The summed E-state index contributed by atoms with van der Waals surface area (Å²) in [4.78, 5) is 10.9. The summed E-state index contributed by atoms with van der Waals surface area (Å²) in [7, 11) is 0. The molecular weight excluding hydrogens is 378 g/mol. The van der Waals surface area contributed by atoms with Crippen LogP contribution in [-0.2, 0) is 9.53 Å². The summed E-state index contributed by atoms with van der Waals surface area (Å²) in [5.74, 6) is -0.303. The molecule has 0 atom stereocenters. The number of nitrogens with zero attached hydrogens (tertiary/aromatic N) is 1. The molecule has 0 unspecified atom stereocenters. The third-order valence-electron chi connectivity index (χ3n) is 5.45. The van der Waals surface area contributed by atoms with Crippen molar-refractivity contribution in [2.24, 2.45) is 0 Å². The van der Waals surface area contributed by atoms with Gasteiger partial charge in [-0.3, -0.25) is 0 Å². The van der Waals surface area contributed by atoms with E-state index < -0.39 is 0 Å². The Morgan fingerprint density at radius 3 is 1.60 bits per heavy atom. The highest BCUT2D eigenvalue weighted by Crippen LogP contribution is 2.13. The summed E-state index contributed by atoms with van der Waals surface area (Å²) in [6.45, 7) is 16.1. The lowest BCUT2D eigenvalue weighted by molar-refractivity contribution is -0.923. The molecule has 0 aliphatic rings. The molecule has 0 aromatic heterocycles. The molecule has 0 radical (unpaired) electrons. The van der Waals surface area contributed by atoms with Crippen molar-refractivity contribution >= 4 is 5.97 Å². The van der Waals surface area contributed by atoms with Crippen LogP contribution in [0.2, 0.25) is 0 Å². The zero-order valence-corrected chi connectivity index (χ0v) is 18.6. The van der Waals surface area contributed by atoms with Crippen molar-refractivity contribution in [3.8, 4) is 0 Å². The summed E-state index contributed by atoms with van der Waals surface area (Å²) in [5, 5.41) is 0. The van der Waals surface area contributed by atoms with Crippen LogP contribution in [-0.4, -0.2) is 43.2 Å². The van der Waals surface area contributed by atoms with Crippen LogP contribution >= 0.6 is 0 Å². The van der Waals surface area contributed by atoms with Gasteiger partial charge in [0.25, 0.3) is 0 Å². The number of halogens is 1. The van der Waals surface area contributed by atoms with Crippen LogP contribution < -0.4 is 17.0 Å². The monoisotopic (exact) mass is 419 g/mol. The second-order valence-electron chi connectivity index (χ2n) is 6.92. The first kappa shape index (κ1) is 26.9. The van der Waals surface area contributed by atoms with E-state index in [4.69, 9.17) is 4.74 Å². The standard InChI is InChI=1S/C21H42NO2.BrH/c1-5-21(23)24-20-18-16-14-12-10-9-11-13-15-17-19-22(6-2,7-3)8-4;/h5H,1,6-20H2,2-4H3;1H/q+1;/p-1. The van der Waals surface area contributed by atoms with Crippen molar-refractivity contribution in [1.82, 2.24) is 0 Å². The van der Waals surface area contributed by atoms with Crippen LogP contribution in [0.3, 0.4) is 0 Å². The first-order valence-corrected chi connectivity index (χ1v) is 10.3. The number of esters is 1. The lowest BCUT2D eigenvalue weighted by Crippen LogP contribution is -3.00. The molecule has 0 fully saturated rings. The van der Waals surface area contributed by atoms with Crippen LogP contribution in [0, 0.1) is 0 Å². The van der Waals surface area contributed by atoms with E-state index in [1.54, 1.807) is 0 Å². The second kappa shape index (κ2) is 18.4. The molecule has 0 rings (SSSR count). The van der Waals surface area contributed by atoms with Crippen molar-refractivity contribution in [1.29, 1.82) is 0 Å². The molecule has 0 aromatic rings. The topological polar surface area (TPSA) is 26.3 Å². The van der Waals surface area contributed by atoms with Crippen LogP contribution in [0.4, 0.5) is 0 Å². The maximum Gasteiger partial charge on any atom is 0.330 e. The minimum absolute atomic E-state index is 0. The Bertz CT molecular complexity index is 309. The van der Waals surface area contributed by atoms with E-state index >= 15 is 0 Å². The average Bonchev–Trinajstić information content (AvgIpc) is 2.62. The van der Waals surface area contributed by atoms with Gasteiger partial charge in [0, 0.05) is 6.08 Å². The molecule has 4 heteroatoms. The highest BCUT2D eigenvalue weighted by atomic mass is 79.9. The smallest absolute Gasteiger partial charge is 0.330 e. The quantitative estimate of drug-likeness (QED) is 0.156. The SMILES string of the molecule is C=CC(=O)OCCCCCCCCCCCC[N+](CC)(CC)CC.[Br-]. The van der Waals surface area contributed by atoms with Gasteiger partial charge in [-0.25, -0.2) is 4.79 Å². The van der Waals surface area contributed by atoms with E-state index in [0.717, 1.165) is 12.8 Å². The maximum atomic E-state index is 10.9. The van der Waals surface area contributed by atoms with Crippen LogP contribution in [0.5, 0.6) is 0 Å². The Labute approximate surface area is 167 Å². The number of rotatable bonds is 17. The minimum atomic E-state index is -0.303. The Morgan fingerprint density at radius 1 is 0.800 bits per heavy atom. The third kappa shape index (κ3) is 14.5. The average molecular weight is 420 g/mol. The lowest BCUT2D eigenvalue weighted by atomic mass is 10.1. The fourth-order valence-corrected chi connectivity index (χ4v) is 3.34. The molecule has 0 spiro atoms. The van der Waals surface area contributed by atoms with E-state index in [0.29, 0.717) is 6.61 Å². The summed E-state index contributed by atoms with van der Waals surface area (Å²) in [6.07, 6.45) is 14.2. The third-order valence-corrected chi connectivity index (χ3v) is 5.45. The van der Waals surface area contributed by atoms with Crippen LogP contribution in [0.25, 0.3) is 0 Å². The van der Waals surface area contributed by atoms with Gasteiger partial charge in [0.15, 0.2) is 0 Å². The Kier molecular flexibility index (Phi) is 19.8. The van der Waals surface area contributed by atoms with Gasteiger partial charge in [-0.15, -0.1) is 0 Å². The molecule has 0 saturated carbocycles. The van der Waals surface area contributed by atoms with E-state index in [9.17, 15) is 4.79 Å². The molecule has 0 heterocycles. The van der Waals surface area contributed by atoms with E-state index in [-0.39, 0.29) is 23.0 Å². The van der Waals surface area contributed by atoms with Gasteiger partial charge in [-0.2, -0.15) is 0 Å². The number of hydrogen-bond donors (Lipinski definition) is 0. The van der Waals surface area contributed by atoms with Gasteiger partial charge in [0.05, 0.1) is 32.8 Å². The van der Waals surface area contributed by atoms with Crippen molar-refractivity contribution in [3.63, 3.8) is 0 Å².